The van der Waals surface area contributed by atoms with Gasteiger partial charge in [-0.25, -0.2) is 0 Å². The molecule has 2 amide bonds. The summed E-state index contributed by atoms with van der Waals surface area (Å²) in [5.74, 6) is -0.674. The Kier molecular flexibility index (Phi) is 6.06. The molecule has 7 heteroatoms. The molecule has 0 fully saturated rings. The van der Waals surface area contributed by atoms with Crippen molar-refractivity contribution in [1.29, 1.82) is 0 Å². The van der Waals surface area contributed by atoms with Crippen molar-refractivity contribution in [2.24, 2.45) is 0 Å². The Morgan fingerprint density at radius 3 is 2.50 bits per heavy atom. The van der Waals surface area contributed by atoms with Crippen LogP contribution in [0, 0.1) is 0 Å². The molecule has 2 aromatic carbocycles. The van der Waals surface area contributed by atoms with Crippen LogP contribution >= 0.6 is 0 Å². The predicted molar refractivity (Wildman–Crippen MR) is 104 cm³/mol. The van der Waals surface area contributed by atoms with E-state index in [2.05, 4.69) is 15.4 Å². The minimum absolute atomic E-state index is 0.134. The number of nitrogens with one attached hydrogen (secondary N) is 2. The summed E-state index contributed by atoms with van der Waals surface area (Å²) in [4.78, 5) is 35.2. The summed E-state index contributed by atoms with van der Waals surface area (Å²) in [5.41, 5.74) is 2.04. The van der Waals surface area contributed by atoms with Crippen molar-refractivity contribution < 1.29 is 23.5 Å². The first-order valence-electron chi connectivity index (χ1n) is 8.77. The lowest BCUT2D eigenvalue weighted by atomic mass is 10.1. The van der Waals surface area contributed by atoms with E-state index in [1.54, 1.807) is 36.4 Å². The summed E-state index contributed by atoms with van der Waals surface area (Å²) in [6.07, 6.45) is 0.313. The van der Waals surface area contributed by atoms with E-state index in [0.717, 1.165) is 10.9 Å². The maximum atomic E-state index is 12.3. The summed E-state index contributed by atoms with van der Waals surface area (Å²) < 4.78 is 10.1. The molecule has 3 aromatic rings. The van der Waals surface area contributed by atoms with Crippen LogP contribution < -0.4 is 10.6 Å². The lowest BCUT2D eigenvalue weighted by Crippen LogP contribution is -2.27. The number of hydrogen-bond donors (Lipinski definition) is 2. The van der Waals surface area contributed by atoms with Crippen LogP contribution in [0.5, 0.6) is 0 Å². The number of para-hydroxylation sites is 1. The predicted octanol–water partition coefficient (Wildman–Crippen LogP) is 2.91. The Balaban J connectivity index is 1.53. The molecule has 0 aliphatic heterocycles. The molecule has 0 aliphatic carbocycles. The molecule has 144 valence electrons. The average molecular weight is 380 g/mol. The third kappa shape index (κ3) is 4.97. The molecule has 2 N–H and O–H groups in total. The molecule has 0 atom stereocenters. The molecule has 0 saturated carbocycles. The minimum atomic E-state index is -0.371. The Morgan fingerprint density at radius 2 is 1.79 bits per heavy atom. The van der Waals surface area contributed by atoms with Crippen molar-refractivity contribution >= 4 is 34.4 Å². The third-order valence-corrected chi connectivity index (χ3v) is 4.10. The first-order valence-corrected chi connectivity index (χ1v) is 8.77. The highest BCUT2D eigenvalue weighted by Crippen LogP contribution is 2.20. The molecule has 0 unspecified atom stereocenters. The highest BCUT2D eigenvalue weighted by Gasteiger charge is 2.12. The van der Waals surface area contributed by atoms with Gasteiger partial charge in [0.25, 0.3) is 5.91 Å². The quantitative estimate of drug-likeness (QED) is 0.614. The molecule has 0 bridgehead atoms. The number of furan rings is 1. The van der Waals surface area contributed by atoms with Crippen molar-refractivity contribution in [3.05, 3.63) is 65.9 Å². The molecule has 7 nitrogen and oxygen atoms in total. The molecule has 0 aliphatic rings. The van der Waals surface area contributed by atoms with E-state index >= 15 is 0 Å². The third-order valence-electron chi connectivity index (χ3n) is 4.10. The van der Waals surface area contributed by atoms with Gasteiger partial charge >= 0.3 is 5.97 Å². The largest absolute Gasteiger partial charge is 0.469 e. The number of fused-ring (bicyclic) bond motifs is 1. The average Bonchev–Trinajstić information content (AvgIpc) is 3.14. The Hall–Kier alpha value is -3.61. The van der Waals surface area contributed by atoms with Crippen molar-refractivity contribution in [1.82, 2.24) is 5.32 Å². The highest BCUT2D eigenvalue weighted by atomic mass is 16.5. The molecular formula is C21H20N2O5. The number of rotatable bonds is 7. The second-order valence-electron chi connectivity index (χ2n) is 6.15. The molecular weight excluding hydrogens is 360 g/mol. The van der Waals surface area contributed by atoms with E-state index in [1.165, 1.54) is 7.11 Å². The number of ether oxygens (including phenoxy) is 1. The maximum Gasteiger partial charge on any atom is 0.307 e. The second kappa shape index (κ2) is 8.85. The standard InChI is InChI=1S/C21H20N2O5/c1-27-20(25)10-11-22-19(24)12-14-6-8-16(9-7-14)23-21(26)18-13-15-4-2-3-5-17(15)28-18/h2-9,13H,10-12H2,1H3,(H,22,24)(H,23,26). The zero-order valence-corrected chi connectivity index (χ0v) is 15.4. The molecule has 1 heterocycles. The number of benzene rings is 2. The lowest BCUT2D eigenvalue weighted by molar-refractivity contribution is -0.140. The van der Waals surface area contributed by atoms with Crippen LogP contribution in [0.25, 0.3) is 11.0 Å². The number of amides is 2. The fourth-order valence-electron chi connectivity index (χ4n) is 2.65. The van der Waals surface area contributed by atoms with Crippen molar-refractivity contribution in [2.45, 2.75) is 12.8 Å². The van der Waals surface area contributed by atoms with E-state index in [9.17, 15) is 14.4 Å². The fraction of sp³-hybridized carbons (Fsp3) is 0.190. The normalized spacial score (nSPS) is 10.5. The summed E-state index contributed by atoms with van der Waals surface area (Å²) in [6.45, 7) is 0.233. The number of carbonyl (C=O) groups excluding carboxylic acids is 3. The van der Waals surface area contributed by atoms with Crippen LogP contribution in [0.4, 0.5) is 5.69 Å². The van der Waals surface area contributed by atoms with Crippen LogP contribution in [0.2, 0.25) is 0 Å². The monoisotopic (exact) mass is 380 g/mol. The lowest BCUT2D eigenvalue weighted by Gasteiger charge is -2.06. The summed E-state index contributed by atoms with van der Waals surface area (Å²) >= 11 is 0. The number of esters is 1. The topological polar surface area (TPSA) is 97.6 Å². The van der Waals surface area contributed by atoms with Gasteiger partial charge in [0.15, 0.2) is 5.76 Å². The number of hydrogen-bond acceptors (Lipinski definition) is 5. The SMILES string of the molecule is COC(=O)CCNC(=O)Cc1ccc(NC(=O)c2cc3ccccc3o2)cc1. The number of methoxy groups -OCH3 is 1. The van der Waals surface area contributed by atoms with E-state index in [1.807, 2.05) is 18.2 Å². The van der Waals surface area contributed by atoms with Crippen molar-refractivity contribution in [3.63, 3.8) is 0 Å². The molecule has 0 saturated heterocycles. The molecule has 28 heavy (non-hydrogen) atoms. The molecule has 3 rings (SSSR count). The Labute approximate surface area is 161 Å². The zero-order chi connectivity index (χ0) is 19.9. The molecule has 0 spiro atoms. The van der Waals surface area contributed by atoms with Gasteiger partial charge < -0.3 is 19.8 Å². The first-order chi connectivity index (χ1) is 13.5. The van der Waals surface area contributed by atoms with Crippen molar-refractivity contribution in [2.75, 3.05) is 19.0 Å². The summed E-state index contributed by atoms with van der Waals surface area (Å²) in [7, 11) is 1.30. The smallest absolute Gasteiger partial charge is 0.307 e. The second-order valence-corrected chi connectivity index (χ2v) is 6.15. The van der Waals surface area contributed by atoms with Gasteiger partial charge in [-0.1, -0.05) is 30.3 Å². The van der Waals surface area contributed by atoms with Crippen LogP contribution in [0.3, 0.4) is 0 Å². The number of anilines is 1. The van der Waals surface area contributed by atoms with Gasteiger partial charge in [0, 0.05) is 17.6 Å². The van der Waals surface area contributed by atoms with E-state index in [0.29, 0.717) is 11.3 Å². The molecule has 0 radical (unpaired) electrons. The van der Waals surface area contributed by atoms with Crippen molar-refractivity contribution in [3.8, 4) is 0 Å². The fourth-order valence-corrected chi connectivity index (χ4v) is 2.65. The van der Waals surface area contributed by atoms with Gasteiger partial charge in [0.05, 0.1) is 20.0 Å². The summed E-state index contributed by atoms with van der Waals surface area (Å²) in [6, 6.07) is 16.1. The van der Waals surface area contributed by atoms with Gasteiger partial charge in [-0.15, -0.1) is 0 Å². The molecule has 1 aromatic heterocycles. The van der Waals surface area contributed by atoms with Crippen LogP contribution in [0.15, 0.2) is 59.0 Å². The van der Waals surface area contributed by atoms with Gasteiger partial charge in [-0.2, -0.15) is 0 Å². The Bertz CT molecular complexity index is 958. The minimum Gasteiger partial charge on any atom is -0.469 e. The first kappa shape index (κ1) is 19.2. The maximum absolute atomic E-state index is 12.3. The van der Waals surface area contributed by atoms with Crippen LogP contribution in [0.1, 0.15) is 22.5 Å². The van der Waals surface area contributed by atoms with Gasteiger partial charge in [0.1, 0.15) is 5.58 Å². The zero-order valence-electron chi connectivity index (χ0n) is 15.4. The van der Waals surface area contributed by atoms with E-state index in [4.69, 9.17) is 4.42 Å². The van der Waals surface area contributed by atoms with Gasteiger partial charge in [-0.3, -0.25) is 14.4 Å². The van der Waals surface area contributed by atoms with Crippen LogP contribution in [-0.4, -0.2) is 31.4 Å². The van der Waals surface area contributed by atoms with Gasteiger partial charge in [0.2, 0.25) is 5.91 Å². The van der Waals surface area contributed by atoms with Gasteiger partial charge in [-0.05, 0) is 29.8 Å². The van der Waals surface area contributed by atoms with E-state index in [-0.39, 0.29) is 42.9 Å². The summed E-state index contributed by atoms with van der Waals surface area (Å²) in [5, 5.41) is 6.29. The Morgan fingerprint density at radius 1 is 1.04 bits per heavy atom. The van der Waals surface area contributed by atoms with E-state index < -0.39 is 0 Å². The number of carbonyl (C=O) groups is 3. The van der Waals surface area contributed by atoms with Crippen LogP contribution in [-0.2, 0) is 20.7 Å². The highest BCUT2D eigenvalue weighted by molar-refractivity contribution is 6.04.